The van der Waals surface area contributed by atoms with Crippen molar-refractivity contribution >= 4 is 39.6 Å². The normalized spacial score (nSPS) is 13.4. The molecule has 1 aromatic heterocycles. The van der Waals surface area contributed by atoms with Crippen LogP contribution in [-0.4, -0.2) is 35.2 Å². The first kappa shape index (κ1) is 18.9. The molecule has 1 N–H and O–H groups in total. The lowest BCUT2D eigenvalue weighted by molar-refractivity contribution is 0.0602. The fraction of sp³-hybridized carbons (Fsp3) is 0.625. The maximum atomic E-state index is 11.9. The van der Waals surface area contributed by atoms with E-state index in [-0.39, 0.29) is 5.97 Å². The number of hydrogen-bond acceptors (Lipinski definition) is 4. The van der Waals surface area contributed by atoms with Gasteiger partial charge in [0.1, 0.15) is 5.00 Å². The van der Waals surface area contributed by atoms with Gasteiger partial charge in [-0.15, -0.1) is 11.3 Å². The summed E-state index contributed by atoms with van der Waals surface area (Å²) in [6, 6.07) is 2.52. The van der Waals surface area contributed by atoms with Crippen LogP contribution in [0.4, 0.5) is 5.00 Å². The van der Waals surface area contributed by atoms with Gasteiger partial charge in [0.05, 0.1) is 12.7 Å². The minimum atomic E-state index is -0.340. The van der Waals surface area contributed by atoms with E-state index in [1.54, 1.807) is 0 Å². The van der Waals surface area contributed by atoms with Crippen LogP contribution in [0, 0.1) is 6.92 Å². The molecule has 22 heavy (non-hydrogen) atoms. The van der Waals surface area contributed by atoms with Gasteiger partial charge in [-0.3, -0.25) is 0 Å². The van der Waals surface area contributed by atoms with E-state index >= 15 is 0 Å². The van der Waals surface area contributed by atoms with Crippen molar-refractivity contribution in [2.45, 2.75) is 59.5 Å². The van der Waals surface area contributed by atoms with Crippen molar-refractivity contribution in [1.82, 2.24) is 4.90 Å². The number of esters is 1. The number of thiophene rings is 1. The molecule has 1 aromatic rings. The fourth-order valence-corrected chi connectivity index (χ4v) is 3.68. The van der Waals surface area contributed by atoms with Crippen molar-refractivity contribution in [3.05, 3.63) is 16.5 Å². The molecule has 4 nitrogen and oxygen atoms in total. The molecule has 124 valence electrons. The number of nitrogens with zero attached hydrogens (tertiary/aromatic N) is 1. The number of nitrogens with one attached hydrogen (secondary N) is 1. The van der Waals surface area contributed by atoms with E-state index in [9.17, 15) is 4.79 Å². The van der Waals surface area contributed by atoms with E-state index in [0.717, 1.165) is 22.7 Å². The van der Waals surface area contributed by atoms with Crippen molar-refractivity contribution in [1.29, 1.82) is 0 Å². The van der Waals surface area contributed by atoms with Crippen LogP contribution < -0.4 is 5.32 Å². The SMILES string of the molecule is CCC(C)N(C(=S)Nc1sc(C)cc1C(=O)OC)C(C)CC. The smallest absolute Gasteiger partial charge is 0.340 e. The summed E-state index contributed by atoms with van der Waals surface area (Å²) >= 11 is 7.12. The molecule has 0 aliphatic heterocycles. The standard InChI is InChI=1S/C16H26N2O2S2/c1-7-10(3)18(11(4)8-2)16(21)17-14-13(15(19)20-6)9-12(5)22-14/h9-11H,7-8H2,1-6H3,(H,17,21). The van der Waals surface area contributed by atoms with Gasteiger partial charge in [-0.1, -0.05) is 13.8 Å². The zero-order valence-corrected chi connectivity index (χ0v) is 15.9. The highest BCUT2D eigenvalue weighted by Crippen LogP contribution is 2.29. The third-order valence-electron chi connectivity index (χ3n) is 3.85. The quantitative estimate of drug-likeness (QED) is 0.611. The summed E-state index contributed by atoms with van der Waals surface area (Å²) < 4.78 is 4.84. The number of carbonyl (C=O) groups is 1. The molecule has 1 rings (SSSR count). The third kappa shape index (κ3) is 4.43. The number of carbonyl (C=O) groups excluding carboxylic acids is 1. The first-order valence-corrected chi connectivity index (χ1v) is 8.86. The zero-order valence-electron chi connectivity index (χ0n) is 14.2. The van der Waals surface area contributed by atoms with Gasteiger partial charge in [0.15, 0.2) is 5.11 Å². The number of methoxy groups -OCH3 is 1. The van der Waals surface area contributed by atoms with Gasteiger partial charge in [-0.2, -0.15) is 0 Å². The minimum absolute atomic E-state index is 0.340. The second kappa shape index (κ2) is 8.48. The molecule has 6 heteroatoms. The van der Waals surface area contributed by atoms with E-state index in [4.69, 9.17) is 17.0 Å². The summed E-state index contributed by atoms with van der Waals surface area (Å²) in [7, 11) is 1.39. The summed E-state index contributed by atoms with van der Waals surface area (Å²) in [6.45, 7) is 10.6. The van der Waals surface area contributed by atoms with Crippen molar-refractivity contribution in [2.75, 3.05) is 12.4 Å². The highest BCUT2D eigenvalue weighted by molar-refractivity contribution is 7.80. The van der Waals surface area contributed by atoms with Crippen LogP contribution in [0.15, 0.2) is 6.07 Å². The first-order chi connectivity index (χ1) is 10.3. The van der Waals surface area contributed by atoms with Crippen LogP contribution in [-0.2, 0) is 4.74 Å². The number of aryl methyl sites for hydroxylation is 1. The Morgan fingerprint density at radius 2 is 1.91 bits per heavy atom. The number of rotatable bonds is 6. The van der Waals surface area contributed by atoms with E-state index in [0.29, 0.717) is 22.8 Å². The summed E-state index contributed by atoms with van der Waals surface area (Å²) in [6.07, 6.45) is 2.03. The van der Waals surface area contributed by atoms with Gasteiger partial charge in [0.2, 0.25) is 0 Å². The van der Waals surface area contributed by atoms with Gasteiger partial charge in [0, 0.05) is 17.0 Å². The Balaban J connectivity index is 3.01. The predicted octanol–water partition coefficient (Wildman–Crippen LogP) is 4.44. The molecular weight excluding hydrogens is 316 g/mol. The Kier molecular flexibility index (Phi) is 7.29. The molecule has 0 saturated carbocycles. The maximum absolute atomic E-state index is 11.9. The molecule has 0 aliphatic rings. The molecule has 2 atom stereocenters. The summed E-state index contributed by atoms with van der Waals surface area (Å²) in [5.74, 6) is -0.340. The van der Waals surface area contributed by atoms with E-state index in [2.05, 4.69) is 37.9 Å². The molecule has 0 aromatic carbocycles. The average molecular weight is 343 g/mol. The van der Waals surface area contributed by atoms with Crippen LogP contribution in [0.2, 0.25) is 0 Å². The molecule has 1 heterocycles. The first-order valence-electron chi connectivity index (χ1n) is 7.63. The minimum Gasteiger partial charge on any atom is -0.465 e. The Morgan fingerprint density at radius 3 is 2.36 bits per heavy atom. The van der Waals surface area contributed by atoms with Gasteiger partial charge in [-0.25, -0.2) is 4.79 Å². The van der Waals surface area contributed by atoms with Crippen LogP contribution in [0.1, 0.15) is 55.8 Å². The lowest BCUT2D eigenvalue weighted by Crippen LogP contribution is -2.46. The summed E-state index contributed by atoms with van der Waals surface area (Å²) in [4.78, 5) is 15.1. The molecule has 0 amide bonds. The average Bonchev–Trinajstić information content (AvgIpc) is 2.86. The lowest BCUT2D eigenvalue weighted by atomic mass is 10.1. The summed E-state index contributed by atoms with van der Waals surface area (Å²) in [5.41, 5.74) is 0.542. The van der Waals surface area contributed by atoms with Crippen LogP contribution >= 0.6 is 23.6 Å². The van der Waals surface area contributed by atoms with Crippen LogP contribution in [0.5, 0.6) is 0 Å². The van der Waals surface area contributed by atoms with Gasteiger partial charge in [-0.05, 0) is 51.9 Å². The Labute approximate surface area is 142 Å². The second-order valence-electron chi connectivity index (χ2n) is 5.44. The van der Waals surface area contributed by atoms with E-state index in [1.807, 2.05) is 13.0 Å². The molecule has 0 fully saturated rings. The second-order valence-corrected chi connectivity index (χ2v) is 7.09. The van der Waals surface area contributed by atoms with Crippen molar-refractivity contribution in [2.24, 2.45) is 0 Å². The van der Waals surface area contributed by atoms with Crippen LogP contribution in [0.3, 0.4) is 0 Å². The molecule has 0 aliphatic carbocycles. The van der Waals surface area contributed by atoms with E-state index in [1.165, 1.54) is 18.4 Å². The molecule has 0 spiro atoms. The molecule has 0 radical (unpaired) electrons. The van der Waals surface area contributed by atoms with Crippen LogP contribution in [0.25, 0.3) is 0 Å². The third-order valence-corrected chi connectivity index (χ3v) is 5.13. The molecular formula is C16H26N2O2S2. The van der Waals surface area contributed by atoms with Gasteiger partial charge >= 0.3 is 5.97 Å². The maximum Gasteiger partial charge on any atom is 0.340 e. The van der Waals surface area contributed by atoms with E-state index < -0.39 is 0 Å². The highest BCUT2D eigenvalue weighted by Gasteiger charge is 2.23. The molecule has 2 unspecified atom stereocenters. The predicted molar refractivity (Wildman–Crippen MR) is 98.0 cm³/mol. The Bertz CT molecular complexity index is 518. The molecule has 0 bridgehead atoms. The monoisotopic (exact) mass is 342 g/mol. The highest BCUT2D eigenvalue weighted by atomic mass is 32.1. The number of hydrogen-bond donors (Lipinski definition) is 1. The Morgan fingerprint density at radius 1 is 1.36 bits per heavy atom. The van der Waals surface area contributed by atoms with Gasteiger partial charge in [0.25, 0.3) is 0 Å². The largest absolute Gasteiger partial charge is 0.465 e. The Hall–Kier alpha value is -1.14. The van der Waals surface area contributed by atoms with Crippen molar-refractivity contribution in [3.8, 4) is 0 Å². The fourth-order valence-electron chi connectivity index (χ4n) is 2.26. The topological polar surface area (TPSA) is 41.6 Å². The number of thiocarbonyl (C=S) groups is 1. The van der Waals surface area contributed by atoms with Gasteiger partial charge < -0.3 is 15.0 Å². The number of ether oxygens (including phenoxy) is 1. The summed E-state index contributed by atoms with van der Waals surface area (Å²) in [5, 5.41) is 4.67. The molecule has 0 saturated heterocycles. The zero-order chi connectivity index (χ0) is 16.9. The van der Waals surface area contributed by atoms with Crippen molar-refractivity contribution < 1.29 is 9.53 Å². The lowest BCUT2D eigenvalue weighted by Gasteiger charge is -2.36. The number of anilines is 1. The van der Waals surface area contributed by atoms with Crippen molar-refractivity contribution in [3.63, 3.8) is 0 Å².